The highest BCUT2D eigenvalue weighted by Crippen LogP contribution is 2.17. The summed E-state index contributed by atoms with van der Waals surface area (Å²) >= 11 is 0. The molecule has 0 saturated carbocycles. The average Bonchev–Trinajstić information content (AvgIpc) is 2.92. The molecule has 1 atom stereocenters. The van der Waals surface area contributed by atoms with Crippen molar-refractivity contribution in [2.45, 2.75) is 13.0 Å². The smallest absolute Gasteiger partial charge is 0.319 e. The Morgan fingerprint density at radius 1 is 1.55 bits per heavy atom. The molecule has 0 spiro atoms. The van der Waals surface area contributed by atoms with E-state index in [1.54, 1.807) is 31.5 Å². The number of carbonyl (C=O) groups is 1. The molecule has 1 heterocycles. The minimum Gasteiger partial charge on any atom is -0.394 e. The summed E-state index contributed by atoms with van der Waals surface area (Å²) in [6, 6.07) is 5.12. The van der Waals surface area contributed by atoms with Crippen molar-refractivity contribution in [1.82, 2.24) is 15.1 Å². The summed E-state index contributed by atoms with van der Waals surface area (Å²) in [5, 5.41) is 17.8. The highest BCUT2D eigenvalue weighted by molar-refractivity contribution is 5.89. The molecule has 0 fully saturated rings. The van der Waals surface area contributed by atoms with Crippen LogP contribution in [0.15, 0.2) is 36.7 Å². The van der Waals surface area contributed by atoms with E-state index in [0.29, 0.717) is 11.4 Å². The molecule has 0 unspecified atom stereocenters. The number of nitrogens with one attached hydrogen (secondary N) is 2. The van der Waals surface area contributed by atoms with Crippen LogP contribution >= 0.6 is 0 Å². The number of hydrogen-bond donors (Lipinski definition) is 3. The van der Waals surface area contributed by atoms with E-state index in [0.717, 1.165) is 0 Å². The van der Waals surface area contributed by atoms with E-state index in [1.807, 2.05) is 0 Å². The van der Waals surface area contributed by atoms with Crippen LogP contribution in [-0.4, -0.2) is 33.6 Å². The van der Waals surface area contributed by atoms with Gasteiger partial charge >= 0.3 is 6.03 Å². The lowest BCUT2D eigenvalue weighted by molar-refractivity contribution is 0.229. The van der Waals surface area contributed by atoms with Gasteiger partial charge in [-0.15, -0.1) is 0 Å². The summed E-state index contributed by atoms with van der Waals surface area (Å²) < 4.78 is 15.3. The second-order valence-electron chi connectivity index (χ2n) is 4.30. The number of carbonyl (C=O) groups excluding carboxylic acids is 1. The number of benzene rings is 1. The van der Waals surface area contributed by atoms with E-state index < -0.39 is 11.8 Å². The maximum Gasteiger partial charge on any atom is 0.319 e. The Kier molecular flexibility index (Phi) is 4.31. The van der Waals surface area contributed by atoms with Crippen LogP contribution in [0, 0.1) is 5.82 Å². The molecule has 1 aromatic heterocycles. The first kappa shape index (κ1) is 14.0. The van der Waals surface area contributed by atoms with Crippen molar-refractivity contribution in [2.75, 3.05) is 11.9 Å². The van der Waals surface area contributed by atoms with Crippen molar-refractivity contribution in [3.8, 4) is 5.69 Å². The number of aliphatic hydroxyl groups is 1. The van der Waals surface area contributed by atoms with Crippen LogP contribution in [-0.2, 0) is 0 Å². The Balaban J connectivity index is 2.08. The van der Waals surface area contributed by atoms with Gasteiger partial charge in [0.2, 0.25) is 0 Å². The number of rotatable bonds is 4. The fraction of sp³-hybridized carbons (Fsp3) is 0.231. The molecule has 3 N–H and O–H groups in total. The van der Waals surface area contributed by atoms with E-state index in [1.165, 1.54) is 16.8 Å². The molecule has 7 heteroatoms. The van der Waals surface area contributed by atoms with Crippen molar-refractivity contribution in [1.29, 1.82) is 0 Å². The zero-order valence-corrected chi connectivity index (χ0v) is 10.9. The monoisotopic (exact) mass is 278 g/mol. The van der Waals surface area contributed by atoms with Gasteiger partial charge in [-0.2, -0.15) is 5.10 Å². The topological polar surface area (TPSA) is 79.2 Å². The van der Waals surface area contributed by atoms with E-state index in [-0.39, 0.29) is 12.6 Å². The number of nitrogens with zero attached hydrogens (tertiary/aromatic N) is 2. The van der Waals surface area contributed by atoms with Crippen LogP contribution < -0.4 is 10.6 Å². The predicted octanol–water partition coefficient (Wildman–Crippen LogP) is 1.51. The number of amides is 2. The van der Waals surface area contributed by atoms with Gasteiger partial charge in [-0.25, -0.2) is 13.9 Å². The van der Waals surface area contributed by atoms with Gasteiger partial charge in [-0.3, -0.25) is 0 Å². The molecule has 20 heavy (non-hydrogen) atoms. The summed E-state index contributed by atoms with van der Waals surface area (Å²) in [7, 11) is 0. The van der Waals surface area contributed by atoms with Gasteiger partial charge in [0, 0.05) is 18.1 Å². The van der Waals surface area contributed by atoms with Gasteiger partial charge < -0.3 is 15.7 Å². The van der Waals surface area contributed by atoms with Gasteiger partial charge in [-0.05, 0) is 31.2 Å². The number of anilines is 1. The fourth-order valence-corrected chi connectivity index (χ4v) is 1.62. The van der Waals surface area contributed by atoms with Crippen molar-refractivity contribution in [3.05, 3.63) is 42.5 Å². The molecule has 2 aromatic rings. The minimum atomic E-state index is -0.502. The molecule has 0 saturated heterocycles. The lowest BCUT2D eigenvalue weighted by atomic mass is 10.2. The van der Waals surface area contributed by atoms with E-state index in [2.05, 4.69) is 15.7 Å². The summed E-state index contributed by atoms with van der Waals surface area (Å²) in [4.78, 5) is 11.5. The van der Waals surface area contributed by atoms with E-state index >= 15 is 0 Å². The average molecular weight is 278 g/mol. The third-order valence-electron chi connectivity index (χ3n) is 2.61. The van der Waals surface area contributed by atoms with Gasteiger partial charge in [-0.1, -0.05) is 0 Å². The first-order valence-electron chi connectivity index (χ1n) is 6.08. The molecule has 2 rings (SSSR count). The largest absolute Gasteiger partial charge is 0.394 e. The van der Waals surface area contributed by atoms with E-state index in [4.69, 9.17) is 5.11 Å². The van der Waals surface area contributed by atoms with Gasteiger partial charge in [0.1, 0.15) is 5.69 Å². The summed E-state index contributed by atoms with van der Waals surface area (Å²) in [5.74, 6) is -0.498. The lowest BCUT2D eigenvalue weighted by Crippen LogP contribution is -2.38. The molecule has 0 radical (unpaired) electrons. The van der Waals surface area contributed by atoms with E-state index in [9.17, 15) is 9.18 Å². The number of halogens is 1. The maximum absolute atomic E-state index is 13.9. The van der Waals surface area contributed by atoms with Gasteiger partial charge in [0.05, 0.1) is 12.6 Å². The van der Waals surface area contributed by atoms with Crippen molar-refractivity contribution < 1.29 is 14.3 Å². The summed E-state index contributed by atoms with van der Waals surface area (Å²) in [6.45, 7) is 1.49. The number of urea groups is 1. The van der Waals surface area contributed by atoms with Crippen LogP contribution in [0.2, 0.25) is 0 Å². The molecule has 0 aliphatic rings. The second-order valence-corrected chi connectivity index (χ2v) is 4.30. The molecular formula is C13H15FN4O2. The molecular weight excluding hydrogens is 263 g/mol. The normalized spacial score (nSPS) is 11.9. The Bertz CT molecular complexity index is 586. The SMILES string of the molecule is C[C@@H](CO)NC(=O)Nc1ccc(-n2cccn2)c(F)c1. The molecule has 6 nitrogen and oxygen atoms in total. The molecule has 0 bridgehead atoms. The quantitative estimate of drug-likeness (QED) is 0.793. The van der Waals surface area contributed by atoms with Crippen LogP contribution in [0.3, 0.4) is 0 Å². The predicted molar refractivity (Wildman–Crippen MR) is 72.2 cm³/mol. The number of aromatic nitrogens is 2. The zero-order chi connectivity index (χ0) is 14.5. The molecule has 1 aromatic carbocycles. The number of hydrogen-bond acceptors (Lipinski definition) is 3. The summed E-state index contributed by atoms with van der Waals surface area (Å²) in [6.07, 6.45) is 3.18. The molecule has 106 valence electrons. The fourth-order valence-electron chi connectivity index (χ4n) is 1.62. The van der Waals surface area contributed by atoms with Crippen molar-refractivity contribution >= 4 is 11.7 Å². The Morgan fingerprint density at radius 2 is 2.35 bits per heavy atom. The third kappa shape index (κ3) is 3.33. The first-order chi connectivity index (χ1) is 9.60. The van der Waals surface area contributed by atoms with Crippen LogP contribution in [0.25, 0.3) is 5.69 Å². The highest BCUT2D eigenvalue weighted by atomic mass is 19.1. The van der Waals surface area contributed by atoms with Gasteiger partial charge in [0.25, 0.3) is 0 Å². The van der Waals surface area contributed by atoms with Crippen molar-refractivity contribution in [3.63, 3.8) is 0 Å². The van der Waals surface area contributed by atoms with Crippen LogP contribution in [0.5, 0.6) is 0 Å². The third-order valence-corrected chi connectivity index (χ3v) is 2.61. The first-order valence-corrected chi connectivity index (χ1v) is 6.08. The molecule has 0 aliphatic carbocycles. The van der Waals surface area contributed by atoms with Crippen LogP contribution in [0.4, 0.5) is 14.9 Å². The highest BCUT2D eigenvalue weighted by Gasteiger charge is 2.09. The molecule has 2 amide bonds. The standard InChI is InChI=1S/C13H15FN4O2/c1-9(8-19)16-13(20)17-10-3-4-12(11(14)7-10)18-6-2-5-15-18/h2-7,9,19H,8H2,1H3,(H2,16,17,20)/t9-/m0/s1. The van der Waals surface area contributed by atoms with Crippen LogP contribution in [0.1, 0.15) is 6.92 Å². The zero-order valence-electron chi connectivity index (χ0n) is 10.9. The minimum absolute atomic E-state index is 0.167. The van der Waals surface area contributed by atoms with Gasteiger partial charge in [0.15, 0.2) is 5.82 Å². The Labute approximate surface area is 115 Å². The Hall–Kier alpha value is -2.41. The lowest BCUT2D eigenvalue weighted by Gasteiger charge is -2.12. The second kappa shape index (κ2) is 6.16. The number of aliphatic hydroxyl groups excluding tert-OH is 1. The maximum atomic E-state index is 13.9. The molecule has 0 aliphatic heterocycles. The van der Waals surface area contributed by atoms with Crippen molar-refractivity contribution in [2.24, 2.45) is 0 Å². The Morgan fingerprint density at radius 3 is 2.95 bits per heavy atom. The summed E-state index contributed by atoms with van der Waals surface area (Å²) in [5.41, 5.74) is 0.616.